The van der Waals surface area contributed by atoms with E-state index in [0.717, 1.165) is 57.6 Å². The van der Waals surface area contributed by atoms with Crippen molar-refractivity contribution in [3.63, 3.8) is 0 Å². The second kappa shape index (κ2) is 8.72. The standard InChI is InChI=1S/C22H33N5O/c1-17-6-4-7-18(2)20(17)15-27-9-5-8-19(14-27)22-24-23-21(25(22)3)16-26-10-12-28-13-11-26/h4,6-7,19H,5,8-16H2,1-3H3. The van der Waals surface area contributed by atoms with Gasteiger partial charge in [-0.05, 0) is 49.9 Å². The van der Waals surface area contributed by atoms with E-state index in [1.807, 2.05) is 0 Å². The van der Waals surface area contributed by atoms with Gasteiger partial charge < -0.3 is 9.30 Å². The molecule has 152 valence electrons. The lowest BCUT2D eigenvalue weighted by molar-refractivity contribution is 0.0326. The van der Waals surface area contributed by atoms with Crippen molar-refractivity contribution >= 4 is 0 Å². The van der Waals surface area contributed by atoms with E-state index >= 15 is 0 Å². The van der Waals surface area contributed by atoms with Gasteiger partial charge in [0.2, 0.25) is 0 Å². The minimum atomic E-state index is 0.467. The molecule has 0 N–H and O–H groups in total. The van der Waals surface area contributed by atoms with E-state index in [-0.39, 0.29) is 0 Å². The van der Waals surface area contributed by atoms with Crippen LogP contribution < -0.4 is 0 Å². The predicted octanol–water partition coefficient (Wildman–Crippen LogP) is 2.64. The Morgan fingerprint density at radius 1 is 1.00 bits per heavy atom. The van der Waals surface area contributed by atoms with Crippen LogP contribution in [0.3, 0.4) is 0 Å². The number of piperidine rings is 1. The molecule has 2 fully saturated rings. The highest BCUT2D eigenvalue weighted by atomic mass is 16.5. The Morgan fingerprint density at radius 3 is 2.50 bits per heavy atom. The highest BCUT2D eigenvalue weighted by Gasteiger charge is 2.27. The molecule has 0 bridgehead atoms. The summed E-state index contributed by atoms with van der Waals surface area (Å²) >= 11 is 0. The third-order valence-corrected chi connectivity index (χ3v) is 6.36. The van der Waals surface area contributed by atoms with Crippen molar-refractivity contribution in [2.75, 3.05) is 39.4 Å². The first-order valence-corrected chi connectivity index (χ1v) is 10.6. The molecule has 2 aliphatic rings. The van der Waals surface area contributed by atoms with Crippen LogP contribution in [0.5, 0.6) is 0 Å². The van der Waals surface area contributed by atoms with E-state index in [0.29, 0.717) is 5.92 Å². The van der Waals surface area contributed by atoms with Crippen LogP contribution in [-0.4, -0.2) is 64.0 Å². The lowest BCUT2D eigenvalue weighted by Crippen LogP contribution is -2.37. The highest BCUT2D eigenvalue weighted by Crippen LogP contribution is 2.28. The van der Waals surface area contributed by atoms with Gasteiger partial charge in [0.1, 0.15) is 11.6 Å². The van der Waals surface area contributed by atoms with Crippen molar-refractivity contribution in [1.82, 2.24) is 24.6 Å². The molecule has 0 aliphatic carbocycles. The van der Waals surface area contributed by atoms with Crippen molar-refractivity contribution in [3.05, 3.63) is 46.5 Å². The number of morpholine rings is 1. The summed E-state index contributed by atoms with van der Waals surface area (Å²) in [5.74, 6) is 2.69. The van der Waals surface area contributed by atoms with E-state index in [1.54, 1.807) is 0 Å². The summed E-state index contributed by atoms with van der Waals surface area (Å²) in [6.07, 6.45) is 2.42. The van der Waals surface area contributed by atoms with Crippen LogP contribution in [0.1, 0.15) is 47.1 Å². The van der Waals surface area contributed by atoms with Crippen molar-refractivity contribution in [2.24, 2.45) is 7.05 Å². The monoisotopic (exact) mass is 383 g/mol. The SMILES string of the molecule is Cc1cccc(C)c1CN1CCCC(c2nnc(CN3CCOCC3)n2C)C1. The smallest absolute Gasteiger partial charge is 0.146 e. The van der Waals surface area contributed by atoms with E-state index in [2.05, 4.69) is 63.7 Å². The number of rotatable bonds is 5. The molecule has 0 saturated carbocycles. The van der Waals surface area contributed by atoms with Crippen LogP contribution in [-0.2, 0) is 24.9 Å². The zero-order valence-electron chi connectivity index (χ0n) is 17.5. The molecule has 0 radical (unpaired) electrons. The third-order valence-electron chi connectivity index (χ3n) is 6.36. The summed E-state index contributed by atoms with van der Waals surface area (Å²) in [5.41, 5.74) is 4.27. The number of aryl methyl sites for hydroxylation is 2. The molecule has 28 heavy (non-hydrogen) atoms. The summed E-state index contributed by atoms with van der Waals surface area (Å²) in [6, 6.07) is 6.61. The maximum atomic E-state index is 5.46. The first kappa shape index (κ1) is 19.6. The van der Waals surface area contributed by atoms with Crippen LogP contribution in [0.4, 0.5) is 0 Å². The number of likely N-dealkylation sites (tertiary alicyclic amines) is 1. The molecule has 1 atom stereocenters. The van der Waals surface area contributed by atoms with Crippen molar-refractivity contribution < 1.29 is 4.74 Å². The van der Waals surface area contributed by atoms with Gasteiger partial charge in [-0.25, -0.2) is 0 Å². The van der Waals surface area contributed by atoms with Crippen molar-refractivity contribution in [2.45, 2.75) is 45.7 Å². The average molecular weight is 384 g/mol. The first-order valence-electron chi connectivity index (χ1n) is 10.6. The minimum absolute atomic E-state index is 0.467. The lowest BCUT2D eigenvalue weighted by atomic mass is 9.95. The number of hydrogen-bond acceptors (Lipinski definition) is 5. The molecule has 2 aliphatic heterocycles. The first-order chi connectivity index (χ1) is 13.6. The van der Waals surface area contributed by atoms with Gasteiger partial charge in [-0.3, -0.25) is 9.80 Å². The fourth-order valence-electron chi connectivity index (χ4n) is 4.56. The maximum Gasteiger partial charge on any atom is 0.146 e. The highest BCUT2D eigenvalue weighted by molar-refractivity contribution is 5.33. The Labute approximate surface area is 168 Å². The molecule has 0 spiro atoms. The fourth-order valence-corrected chi connectivity index (χ4v) is 4.56. The number of hydrogen-bond donors (Lipinski definition) is 0. The van der Waals surface area contributed by atoms with Gasteiger partial charge in [-0.15, -0.1) is 10.2 Å². The third kappa shape index (κ3) is 4.29. The number of benzene rings is 1. The van der Waals surface area contributed by atoms with Crippen LogP contribution in [0.2, 0.25) is 0 Å². The van der Waals surface area contributed by atoms with Crippen molar-refractivity contribution in [1.29, 1.82) is 0 Å². The summed E-state index contributed by atoms with van der Waals surface area (Å²) in [5, 5.41) is 9.14. The molecule has 1 unspecified atom stereocenters. The number of ether oxygens (including phenoxy) is 1. The quantitative estimate of drug-likeness (QED) is 0.794. The molecule has 4 rings (SSSR count). The second-order valence-electron chi connectivity index (χ2n) is 8.37. The molecule has 1 aromatic carbocycles. The van der Waals surface area contributed by atoms with Gasteiger partial charge in [0.15, 0.2) is 0 Å². The Morgan fingerprint density at radius 2 is 1.75 bits per heavy atom. The molecule has 6 heteroatoms. The molecule has 2 saturated heterocycles. The van der Waals surface area contributed by atoms with Crippen LogP contribution >= 0.6 is 0 Å². The Bertz CT molecular complexity index is 776. The Balaban J connectivity index is 1.43. The normalized spacial score (nSPS) is 21.9. The minimum Gasteiger partial charge on any atom is -0.379 e. The van der Waals surface area contributed by atoms with Crippen LogP contribution in [0.25, 0.3) is 0 Å². The Kier molecular flexibility index (Phi) is 6.09. The van der Waals surface area contributed by atoms with Gasteiger partial charge in [0, 0.05) is 39.1 Å². The summed E-state index contributed by atoms with van der Waals surface area (Å²) in [6.45, 7) is 12.2. The molecule has 0 amide bonds. The van der Waals surface area contributed by atoms with Gasteiger partial charge in [-0.1, -0.05) is 18.2 Å². The van der Waals surface area contributed by atoms with Crippen LogP contribution in [0.15, 0.2) is 18.2 Å². The maximum absolute atomic E-state index is 5.46. The second-order valence-corrected chi connectivity index (χ2v) is 8.37. The molecule has 6 nitrogen and oxygen atoms in total. The van der Waals surface area contributed by atoms with Gasteiger partial charge in [-0.2, -0.15) is 0 Å². The lowest BCUT2D eigenvalue weighted by Gasteiger charge is -2.33. The molecule has 2 aromatic rings. The molecule has 1 aromatic heterocycles. The Hall–Kier alpha value is -1.76. The summed E-state index contributed by atoms with van der Waals surface area (Å²) in [4.78, 5) is 5.01. The van der Waals surface area contributed by atoms with Gasteiger partial charge in [0.25, 0.3) is 0 Å². The largest absolute Gasteiger partial charge is 0.379 e. The predicted molar refractivity (Wildman–Crippen MR) is 110 cm³/mol. The van der Waals surface area contributed by atoms with E-state index in [4.69, 9.17) is 4.74 Å². The topological polar surface area (TPSA) is 46.4 Å². The average Bonchev–Trinajstić information content (AvgIpc) is 3.06. The fraction of sp³-hybridized carbons (Fsp3) is 0.636. The molecular weight excluding hydrogens is 350 g/mol. The van der Waals surface area contributed by atoms with Crippen molar-refractivity contribution in [3.8, 4) is 0 Å². The summed E-state index contributed by atoms with van der Waals surface area (Å²) < 4.78 is 7.69. The van der Waals surface area contributed by atoms with Crippen LogP contribution in [0, 0.1) is 13.8 Å². The molecule has 3 heterocycles. The van der Waals surface area contributed by atoms with E-state index in [1.165, 1.54) is 36.1 Å². The summed E-state index contributed by atoms with van der Waals surface area (Å²) in [7, 11) is 2.13. The van der Waals surface area contributed by atoms with E-state index < -0.39 is 0 Å². The number of nitrogens with zero attached hydrogens (tertiary/aromatic N) is 5. The molecular formula is C22H33N5O. The van der Waals surface area contributed by atoms with Gasteiger partial charge in [0.05, 0.1) is 19.8 Å². The number of aromatic nitrogens is 3. The zero-order valence-corrected chi connectivity index (χ0v) is 17.5. The van der Waals surface area contributed by atoms with E-state index in [9.17, 15) is 0 Å². The van der Waals surface area contributed by atoms with Gasteiger partial charge >= 0.3 is 0 Å². The zero-order chi connectivity index (χ0) is 19.5.